The molecule has 2 aromatic carbocycles. The summed E-state index contributed by atoms with van der Waals surface area (Å²) in [6.45, 7) is 6.81. The van der Waals surface area contributed by atoms with Crippen LogP contribution in [0.1, 0.15) is 58.7 Å². The zero-order valence-electron chi connectivity index (χ0n) is 15.7. The summed E-state index contributed by atoms with van der Waals surface area (Å²) in [5.41, 5.74) is 3.81. The Bertz CT molecular complexity index is 987. The van der Waals surface area contributed by atoms with E-state index in [9.17, 15) is 9.59 Å². The van der Waals surface area contributed by atoms with E-state index < -0.39 is 5.97 Å². The Hall–Kier alpha value is -2.40. The van der Waals surface area contributed by atoms with Gasteiger partial charge in [-0.2, -0.15) is 0 Å². The maximum atomic E-state index is 12.6. The predicted molar refractivity (Wildman–Crippen MR) is 111 cm³/mol. The molecule has 0 fully saturated rings. The van der Waals surface area contributed by atoms with Crippen molar-refractivity contribution < 1.29 is 14.3 Å². The third-order valence-electron chi connectivity index (χ3n) is 4.64. The summed E-state index contributed by atoms with van der Waals surface area (Å²) in [7, 11) is 0. The minimum absolute atomic E-state index is 0.255. The molecule has 5 heteroatoms. The van der Waals surface area contributed by atoms with E-state index >= 15 is 0 Å². The molecule has 0 saturated heterocycles. The number of esters is 1. The molecule has 0 atom stereocenters. The summed E-state index contributed by atoms with van der Waals surface area (Å²) < 4.78 is 7.95. The van der Waals surface area contributed by atoms with Crippen LogP contribution in [0.2, 0.25) is 0 Å². The smallest absolute Gasteiger partial charge is 0.355 e. The van der Waals surface area contributed by atoms with E-state index in [0.717, 1.165) is 27.2 Å². The summed E-state index contributed by atoms with van der Waals surface area (Å²) in [5.74, 6) is -0.0220. The number of aromatic nitrogens is 1. The Morgan fingerprint density at radius 1 is 1.19 bits per heavy atom. The first-order valence-electron chi connectivity index (χ1n) is 8.99. The van der Waals surface area contributed by atoms with Crippen LogP contribution in [-0.2, 0) is 11.3 Å². The SMILES string of the molecule is CCOC(=O)c1c(C=O)c2cc(Br)ccc2n1Cc1ccc(C(C)C)cc1. The Kier molecular flexibility index (Phi) is 5.80. The number of ether oxygens (including phenoxy) is 1. The fourth-order valence-corrected chi connectivity index (χ4v) is 3.61. The number of hydrogen-bond acceptors (Lipinski definition) is 3. The van der Waals surface area contributed by atoms with Crippen LogP contribution in [0.5, 0.6) is 0 Å². The highest BCUT2D eigenvalue weighted by Crippen LogP contribution is 2.29. The summed E-state index contributed by atoms with van der Waals surface area (Å²) >= 11 is 3.44. The maximum absolute atomic E-state index is 12.6. The molecule has 0 unspecified atom stereocenters. The van der Waals surface area contributed by atoms with Crippen LogP contribution < -0.4 is 0 Å². The molecule has 3 aromatic rings. The van der Waals surface area contributed by atoms with Gasteiger partial charge in [-0.1, -0.05) is 54.0 Å². The van der Waals surface area contributed by atoms with Crippen LogP contribution in [-0.4, -0.2) is 23.4 Å². The van der Waals surface area contributed by atoms with Crippen molar-refractivity contribution in [1.82, 2.24) is 4.57 Å². The normalized spacial score (nSPS) is 11.1. The van der Waals surface area contributed by atoms with E-state index in [1.807, 2.05) is 22.8 Å². The van der Waals surface area contributed by atoms with Crippen molar-refractivity contribution >= 4 is 39.1 Å². The van der Waals surface area contributed by atoms with Gasteiger partial charge in [-0.15, -0.1) is 0 Å². The van der Waals surface area contributed by atoms with Crippen molar-refractivity contribution in [3.05, 3.63) is 69.3 Å². The number of benzene rings is 2. The maximum Gasteiger partial charge on any atom is 0.355 e. The van der Waals surface area contributed by atoms with Gasteiger partial charge in [0.05, 0.1) is 12.2 Å². The molecule has 3 rings (SSSR count). The lowest BCUT2D eigenvalue weighted by Crippen LogP contribution is -2.15. The number of aldehydes is 1. The second kappa shape index (κ2) is 8.09. The van der Waals surface area contributed by atoms with Crippen molar-refractivity contribution in [3.8, 4) is 0 Å². The molecule has 27 heavy (non-hydrogen) atoms. The first-order valence-corrected chi connectivity index (χ1v) is 9.78. The van der Waals surface area contributed by atoms with E-state index in [4.69, 9.17) is 4.74 Å². The van der Waals surface area contributed by atoms with Crippen LogP contribution in [0.15, 0.2) is 46.9 Å². The molecule has 0 aliphatic rings. The molecule has 0 amide bonds. The molecular formula is C22H22BrNO3. The Morgan fingerprint density at radius 2 is 1.89 bits per heavy atom. The van der Waals surface area contributed by atoms with Gasteiger partial charge in [0.15, 0.2) is 6.29 Å². The standard InChI is InChI=1S/C22H22BrNO3/c1-4-27-22(26)21-19(13-25)18-11-17(23)9-10-20(18)24(21)12-15-5-7-16(8-6-15)14(2)3/h5-11,13-14H,4,12H2,1-3H3. The number of halogens is 1. The largest absolute Gasteiger partial charge is 0.461 e. The molecule has 140 valence electrons. The lowest BCUT2D eigenvalue weighted by atomic mass is 10.0. The Balaban J connectivity index is 2.16. The lowest BCUT2D eigenvalue weighted by Gasteiger charge is -2.12. The van der Waals surface area contributed by atoms with Gasteiger partial charge in [0.1, 0.15) is 5.69 Å². The highest BCUT2D eigenvalue weighted by Gasteiger charge is 2.24. The third-order valence-corrected chi connectivity index (χ3v) is 5.13. The topological polar surface area (TPSA) is 48.3 Å². The predicted octanol–water partition coefficient (Wildman–Crippen LogP) is 5.56. The molecule has 0 aliphatic carbocycles. The number of fused-ring (bicyclic) bond motifs is 1. The summed E-state index contributed by atoms with van der Waals surface area (Å²) in [6.07, 6.45) is 0.736. The van der Waals surface area contributed by atoms with E-state index in [1.54, 1.807) is 6.92 Å². The van der Waals surface area contributed by atoms with Crippen LogP contribution in [0.4, 0.5) is 0 Å². The average Bonchev–Trinajstić information content (AvgIpc) is 2.95. The van der Waals surface area contributed by atoms with E-state index in [-0.39, 0.29) is 6.61 Å². The highest BCUT2D eigenvalue weighted by molar-refractivity contribution is 9.10. The van der Waals surface area contributed by atoms with Crippen molar-refractivity contribution in [2.45, 2.75) is 33.2 Å². The fraction of sp³-hybridized carbons (Fsp3) is 0.273. The van der Waals surface area contributed by atoms with Gasteiger partial charge < -0.3 is 9.30 Å². The molecule has 0 saturated carbocycles. The zero-order chi connectivity index (χ0) is 19.6. The van der Waals surface area contributed by atoms with Gasteiger partial charge in [-0.05, 0) is 42.2 Å². The highest BCUT2D eigenvalue weighted by atomic mass is 79.9. The number of nitrogens with zero attached hydrogens (tertiary/aromatic N) is 1. The van der Waals surface area contributed by atoms with Crippen molar-refractivity contribution in [2.75, 3.05) is 6.61 Å². The van der Waals surface area contributed by atoms with Crippen LogP contribution >= 0.6 is 15.9 Å². The zero-order valence-corrected chi connectivity index (χ0v) is 17.2. The Morgan fingerprint density at radius 3 is 2.48 bits per heavy atom. The van der Waals surface area contributed by atoms with Gasteiger partial charge in [0.2, 0.25) is 0 Å². The van der Waals surface area contributed by atoms with Crippen LogP contribution in [0.3, 0.4) is 0 Å². The molecule has 1 heterocycles. The van der Waals surface area contributed by atoms with Gasteiger partial charge >= 0.3 is 5.97 Å². The van der Waals surface area contributed by atoms with E-state index in [0.29, 0.717) is 23.7 Å². The quantitative estimate of drug-likeness (QED) is 0.381. The second-order valence-corrected chi connectivity index (χ2v) is 7.66. The van der Waals surface area contributed by atoms with Crippen LogP contribution in [0, 0.1) is 0 Å². The van der Waals surface area contributed by atoms with Crippen molar-refractivity contribution in [1.29, 1.82) is 0 Å². The molecule has 0 N–H and O–H groups in total. The first-order chi connectivity index (χ1) is 13.0. The van der Waals surface area contributed by atoms with Crippen molar-refractivity contribution in [3.63, 3.8) is 0 Å². The monoisotopic (exact) mass is 427 g/mol. The molecule has 4 nitrogen and oxygen atoms in total. The molecule has 1 aromatic heterocycles. The fourth-order valence-electron chi connectivity index (χ4n) is 3.25. The number of rotatable bonds is 6. The average molecular weight is 428 g/mol. The van der Waals surface area contributed by atoms with Crippen LogP contribution in [0.25, 0.3) is 10.9 Å². The van der Waals surface area contributed by atoms with Crippen molar-refractivity contribution in [2.24, 2.45) is 0 Å². The third kappa shape index (κ3) is 3.83. The number of hydrogen-bond donors (Lipinski definition) is 0. The summed E-state index contributed by atoms with van der Waals surface area (Å²) in [4.78, 5) is 24.4. The van der Waals surface area contributed by atoms with Gasteiger partial charge in [-0.25, -0.2) is 4.79 Å². The van der Waals surface area contributed by atoms with Gasteiger partial charge in [0.25, 0.3) is 0 Å². The Labute approximate surface area is 167 Å². The van der Waals surface area contributed by atoms with E-state index in [2.05, 4.69) is 54.0 Å². The first kappa shape index (κ1) is 19.4. The lowest BCUT2D eigenvalue weighted by molar-refractivity contribution is 0.0513. The number of carbonyl (C=O) groups is 2. The van der Waals surface area contributed by atoms with Gasteiger partial charge in [-0.3, -0.25) is 4.79 Å². The molecular weight excluding hydrogens is 406 g/mol. The minimum atomic E-state index is -0.481. The number of carbonyl (C=O) groups excluding carboxylic acids is 2. The molecule has 0 aliphatic heterocycles. The second-order valence-electron chi connectivity index (χ2n) is 6.74. The summed E-state index contributed by atoms with van der Waals surface area (Å²) in [5, 5.41) is 0.737. The molecule has 0 radical (unpaired) electrons. The molecule has 0 spiro atoms. The van der Waals surface area contributed by atoms with Gasteiger partial charge in [0, 0.05) is 21.9 Å². The van der Waals surface area contributed by atoms with E-state index in [1.165, 1.54) is 5.56 Å². The summed E-state index contributed by atoms with van der Waals surface area (Å²) in [6, 6.07) is 14.0. The molecule has 0 bridgehead atoms. The minimum Gasteiger partial charge on any atom is -0.461 e.